The van der Waals surface area contributed by atoms with Gasteiger partial charge in [-0.25, -0.2) is 14.2 Å². The van der Waals surface area contributed by atoms with E-state index in [2.05, 4.69) is 4.99 Å². The average Bonchev–Trinajstić information content (AvgIpc) is 2.23. The number of aliphatic hydroxyl groups is 1. The summed E-state index contributed by atoms with van der Waals surface area (Å²) in [6, 6.07) is 0. The molecule has 1 unspecified atom stereocenters. The van der Waals surface area contributed by atoms with E-state index in [1.165, 1.54) is 0 Å². The smallest absolute Gasteiger partial charge is 0.331 e. The summed E-state index contributed by atoms with van der Waals surface area (Å²) in [6.07, 6.45) is -10.2. The van der Waals surface area contributed by atoms with Crippen LogP contribution in [0.15, 0.2) is 4.99 Å². The van der Waals surface area contributed by atoms with Gasteiger partial charge in [0.05, 0.1) is 6.54 Å². The van der Waals surface area contributed by atoms with Crippen molar-refractivity contribution < 1.29 is 49.4 Å². The first-order chi connectivity index (χ1) is 8.23. The second kappa shape index (κ2) is 5.00. The molecule has 0 aliphatic rings. The number of nitrogens with zero attached hydrogens (tertiary/aromatic N) is 1. The number of hydrogen-bond acceptors (Lipinski definition) is 3. The molecule has 0 spiro atoms. The van der Waals surface area contributed by atoms with Crippen molar-refractivity contribution in [2.24, 2.45) is 4.99 Å². The summed E-state index contributed by atoms with van der Waals surface area (Å²) in [5, 5.41) is 7.50. The van der Waals surface area contributed by atoms with E-state index in [4.69, 9.17) is 5.11 Å². The fraction of sp³-hybridized carbons (Fsp3) is 0.857. The molecule has 0 aromatic carbocycles. The third-order valence-corrected chi connectivity index (χ3v) is 1.90. The van der Waals surface area contributed by atoms with Crippen LogP contribution in [0.3, 0.4) is 0 Å². The van der Waals surface area contributed by atoms with Gasteiger partial charge < -0.3 is 5.11 Å². The zero-order valence-corrected chi connectivity index (χ0v) is 8.49. The Kier molecular flexibility index (Phi) is 4.66. The summed E-state index contributed by atoms with van der Waals surface area (Å²) < 4.78 is 112. The van der Waals surface area contributed by atoms with Gasteiger partial charge in [-0.15, -0.1) is 0 Å². The Balaban J connectivity index is 5.56. The van der Waals surface area contributed by atoms with Crippen LogP contribution in [0.1, 0.15) is 0 Å². The van der Waals surface area contributed by atoms with Crippen LogP contribution in [-0.2, 0) is 4.79 Å². The minimum Gasteiger partial charge on any atom is -0.331 e. The molecule has 0 aromatic rings. The number of rotatable bonds is 6. The number of aliphatic imine (C=N–C) groups is 1. The first-order valence-electron chi connectivity index (χ1n) is 4.14. The largest absolute Gasteiger partial charge is 0.423 e. The molecular weight excluding hydrogens is 301 g/mol. The third-order valence-electron chi connectivity index (χ3n) is 1.90. The molecule has 0 radical (unpaired) electrons. The lowest BCUT2D eigenvalue weighted by atomic mass is 9.99. The van der Waals surface area contributed by atoms with E-state index in [0.29, 0.717) is 6.08 Å². The maximum absolute atomic E-state index is 12.7. The average molecular weight is 305 g/mol. The molecule has 0 aliphatic heterocycles. The number of alkyl halides is 9. The molecule has 1 atom stereocenters. The van der Waals surface area contributed by atoms with E-state index in [0.717, 1.165) is 0 Å². The standard InChI is InChI=1S/C7H4F9NO2/c8-3(1-17-2-18)4(9,10)5(11,12)6(13,14)7(15,16)19/h3,19H,1H2. The molecule has 19 heavy (non-hydrogen) atoms. The lowest BCUT2D eigenvalue weighted by molar-refractivity contribution is -0.421. The molecule has 0 aliphatic carbocycles. The Bertz CT molecular complexity index is 371. The van der Waals surface area contributed by atoms with Crippen LogP contribution in [0.25, 0.3) is 0 Å². The molecule has 112 valence electrons. The summed E-state index contributed by atoms with van der Waals surface area (Å²) >= 11 is 0. The predicted molar refractivity (Wildman–Crippen MR) is 39.9 cm³/mol. The van der Waals surface area contributed by atoms with Gasteiger partial charge in [-0.05, 0) is 0 Å². The van der Waals surface area contributed by atoms with E-state index >= 15 is 0 Å². The highest BCUT2D eigenvalue weighted by Crippen LogP contribution is 2.53. The Labute approximate surface area is 98.3 Å². The highest BCUT2D eigenvalue weighted by atomic mass is 19.4. The van der Waals surface area contributed by atoms with Gasteiger partial charge in [-0.3, -0.25) is 0 Å². The second-order valence-electron chi connectivity index (χ2n) is 3.21. The minimum absolute atomic E-state index is 0.463. The molecule has 0 fully saturated rings. The van der Waals surface area contributed by atoms with Crippen molar-refractivity contribution in [3.8, 4) is 0 Å². The molecule has 0 saturated heterocycles. The quantitative estimate of drug-likeness (QED) is 0.464. The fourth-order valence-corrected chi connectivity index (χ4v) is 0.827. The lowest BCUT2D eigenvalue weighted by Crippen LogP contribution is -2.65. The molecule has 0 bridgehead atoms. The van der Waals surface area contributed by atoms with Gasteiger partial charge in [0.1, 0.15) is 0 Å². The van der Waals surface area contributed by atoms with Crippen molar-refractivity contribution in [3.05, 3.63) is 0 Å². The fourth-order valence-electron chi connectivity index (χ4n) is 0.827. The first kappa shape index (κ1) is 17.7. The first-order valence-corrected chi connectivity index (χ1v) is 4.14. The van der Waals surface area contributed by atoms with Crippen LogP contribution in [0.2, 0.25) is 0 Å². The molecule has 0 heterocycles. The van der Waals surface area contributed by atoms with Crippen LogP contribution < -0.4 is 0 Å². The Morgan fingerprint density at radius 2 is 1.42 bits per heavy atom. The normalized spacial score (nSPS) is 15.9. The highest BCUT2D eigenvalue weighted by Gasteiger charge is 2.82. The van der Waals surface area contributed by atoms with E-state index in [1.54, 1.807) is 0 Å². The van der Waals surface area contributed by atoms with Crippen LogP contribution in [-0.4, -0.2) is 47.8 Å². The van der Waals surface area contributed by atoms with Crippen molar-refractivity contribution in [2.45, 2.75) is 30.0 Å². The van der Waals surface area contributed by atoms with E-state index in [1.807, 2.05) is 0 Å². The monoisotopic (exact) mass is 305 g/mol. The number of halogens is 9. The Morgan fingerprint density at radius 1 is 1.00 bits per heavy atom. The zero-order chi connectivity index (χ0) is 15.7. The Morgan fingerprint density at radius 3 is 1.74 bits per heavy atom. The summed E-state index contributed by atoms with van der Waals surface area (Å²) in [4.78, 5) is 11.6. The molecule has 0 saturated carbocycles. The predicted octanol–water partition coefficient (Wildman–Crippen LogP) is 2.15. The zero-order valence-electron chi connectivity index (χ0n) is 8.49. The molecule has 3 nitrogen and oxygen atoms in total. The third kappa shape index (κ3) is 2.84. The molecule has 0 rings (SSSR count). The molecule has 12 heteroatoms. The van der Waals surface area contributed by atoms with Gasteiger partial charge in [-0.1, -0.05) is 0 Å². The lowest BCUT2D eigenvalue weighted by Gasteiger charge is -2.35. The van der Waals surface area contributed by atoms with Gasteiger partial charge in [0.25, 0.3) is 0 Å². The van der Waals surface area contributed by atoms with Crippen molar-refractivity contribution in [1.82, 2.24) is 0 Å². The van der Waals surface area contributed by atoms with Crippen LogP contribution in [0.4, 0.5) is 39.5 Å². The van der Waals surface area contributed by atoms with Crippen LogP contribution in [0, 0.1) is 0 Å². The van der Waals surface area contributed by atoms with Crippen molar-refractivity contribution in [2.75, 3.05) is 6.54 Å². The topological polar surface area (TPSA) is 49.7 Å². The van der Waals surface area contributed by atoms with Gasteiger partial charge in [0.15, 0.2) is 6.17 Å². The number of carbonyl (C=O) groups excluding carboxylic acids is 1. The summed E-state index contributed by atoms with van der Waals surface area (Å²) in [6.45, 7) is -2.00. The summed E-state index contributed by atoms with van der Waals surface area (Å²) in [7, 11) is 0. The van der Waals surface area contributed by atoms with Gasteiger partial charge >= 0.3 is 23.9 Å². The maximum Gasteiger partial charge on any atom is 0.423 e. The van der Waals surface area contributed by atoms with Gasteiger partial charge in [0.2, 0.25) is 6.08 Å². The number of hydrogen-bond donors (Lipinski definition) is 1. The Hall–Kier alpha value is -1.29. The van der Waals surface area contributed by atoms with Crippen LogP contribution >= 0.6 is 0 Å². The van der Waals surface area contributed by atoms with Gasteiger partial charge in [-0.2, -0.15) is 35.1 Å². The SMILES string of the molecule is O=C=NCC(F)C(F)(F)C(F)(F)C(F)(F)C(O)(F)F. The van der Waals surface area contributed by atoms with Crippen molar-refractivity contribution in [3.63, 3.8) is 0 Å². The van der Waals surface area contributed by atoms with E-state index in [9.17, 15) is 44.3 Å². The molecular formula is C7H4F9NO2. The maximum atomic E-state index is 12.7. The van der Waals surface area contributed by atoms with Gasteiger partial charge in [0, 0.05) is 0 Å². The van der Waals surface area contributed by atoms with Crippen LogP contribution in [0.5, 0.6) is 0 Å². The van der Waals surface area contributed by atoms with Crippen molar-refractivity contribution in [1.29, 1.82) is 0 Å². The molecule has 0 aromatic heterocycles. The van der Waals surface area contributed by atoms with E-state index < -0.39 is 36.6 Å². The minimum atomic E-state index is -6.95. The highest BCUT2D eigenvalue weighted by molar-refractivity contribution is 5.33. The molecule has 1 N–H and O–H groups in total. The van der Waals surface area contributed by atoms with Crippen molar-refractivity contribution >= 4 is 6.08 Å². The summed E-state index contributed by atoms with van der Waals surface area (Å²) in [5.74, 6) is -20.2. The number of isocyanates is 1. The molecule has 0 amide bonds. The summed E-state index contributed by atoms with van der Waals surface area (Å²) in [5.41, 5.74) is 0. The van der Waals surface area contributed by atoms with E-state index in [-0.39, 0.29) is 0 Å². The second-order valence-corrected chi connectivity index (χ2v) is 3.21.